The Bertz CT molecular complexity index is 1030. The highest BCUT2D eigenvalue weighted by Crippen LogP contribution is 2.64. The molecule has 0 aliphatic carbocycles. The maximum absolute atomic E-state index is 2.78. The van der Waals surface area contributed by atoms with E-state index in [1.807, 2.05) is 0 Å². The average molecular weight is 526 g/mol. The molecule has 2 aliphatic heterocycles. The number of benzene rings is 2. The maximum Gasteiger partial charge on any atom is 0.174 e. The molecule has 2 aliphatic rings. The summed E-state index contributed by atoms with van der Waals surface area (Å²) >= 11 is 6.27. The molecule has 190 valence electrons. The Hall–Kier alpha value is -0.810. The fourth-order valence-electron chi connectivity index (χ4n) is 5.17. The van der Waals surface area contributed by atoms with Crippen molar-refractivity contribution in [2.45, 2.75) is 101 Å². The van der Waals surface area contributed by atoms with Crippen molar-refractivity contribution < 1.29 is 0 Å². The SMILES string of the molecule is Cc1cccc(C)c1SC1(N2CCCCC2)SC=C(c2c(C(C)C)cc(C(C)C)cc2C(C)C)S1. The van der Waals surface area contributed by atoms with E-state index in [0.29, 0.717) is 17.8 Å². The van der Waals surface area contributed by atoms with E-state index >= 15 is 0 Å². The lowest BCUT2D eigenvalue weighted by Crippen LogP contribution is -2.43. The second kappa shape index (κ2) is 11.3. The molecule has 0 spiro atoms. The Labute approximate surface area is 227 Å². The molecule has 1 nitrogen and oxygen atoms in total. The van der Waals surface area contributed by atoms with E-state index in [2.05, 4.69) is 131 Å². The molecule has 0 bridgehead atoms. The summed E-state index contributed by atoms with van der Waals surface area (Å²) in [5, 5.41) is 2.50. The van der Waals surface area contributed by atoms with E-state index in [-0.39, 0.29) is 3.54 Å². The van der Waals surface area contributed by atoms with Gasteiger partial charge in [0.05, 0.1) is 0 Å². The quantitative estimate of drug-likeness (QED) is 0.353. The first-order valence-corrected chi connectivity index (χ1v) is 15.9. The fourth-order valence-corrected chi connectivity index (χ4v) is 10.0. The number of aryl methyl sites for hydroxylation is 2. The van der Waals surface area contributed by atoms with Gasteiger partial charge in [-0.3, -0.25) is 4.90 Å². The Kier molecular flexibility index (Phi) is 8.78. The van der Waals surface area contributed by atoms with E-state index < -0.39 is 0 Å². The van der Waals surface area contributed by atoms with Gasteiger partial charge in [-0.1, -0.05) is 114 Å². The minimum atomic E-state index is -0.0359. The van der Waals surface area contributed by atoms with Crippen LogP contribution < -0.4 is 0 Å². The summed E-state index contributed by atoms with van der Waals surface area (Å²) < 4.78 is -0.0359. The predicted octanol–water partition coefficient (Wildman–Crippen LogP) is 10.3. The van der Waals surface area contributed by atoms with Gasteiger partial charge in [-0.2, -0.15) is 0 Å². The third-order valence-electron chi connectivity index (χ3n) is 7.32. The molecule has 0 radical (unpaired) electrons. The minimum absolute atomic E-state index is 0.0359. The first-order valence-electron chi connectivity index (χ1n) is 13.4. The Morgan fingerprint density at radius 1 is 0.829 bits per heavy atom. The van der Waals surface area contributed by atoms with E-state index in [0.717, 1.165) is 0 Å². The van der Waals surface area contributed by atoms with Crippen LogP contribution in [0.5, 0.6) is 0 Å². The Morgan fingerprint density at radius 2 is 1.40 bits per heavy atom. The molecule has 2 aromatic carbocycles. The van der Waals surface area contributed by atoms with Gasteiger partial charge in [-0.05, 0) is 83.2 Å². The molecule has 4 heteroatoms. The molecule has 2 aromatic rings. The van der Waals surface area contributed by atoms with Crippen LogP contribution in [0, 0.1) is 13.8 Å². The van der Waals surface area contributed by atoms with Gasteiger partial charge in [-0.25, -0.2) is 0 Å². The molecular weight excluding hydrogens is 483 g/mol. The van der Waals surface area contributed by atoms with Crippen molar-refractivity contribution in [3.63, 3.8) is 0 Å². The number of rotatable bonds is 7. The Morgan fingerprint density at radius 3 is 1.91 bits per heavy atom. The summed E-state index contributed by atoms with van der Waals surface area (Å²) in [4.78, 5) is 5.71. The molecule has 0 amide bonds. The number of hydrogen-bond donors (Lipinski definition) is 0. The lowest BCUT2D eigenvalue weighted by molar-refractivity contribution is 0.239. The van der Waals surface area contributed by atoms with Crippen LogP contribution in [0.25, 0.3) is 4.91 Å². The molecular formula is C31H43NS3. The van der Waals surface area contributed by atoms with Gasteiger partial charge in [0.2, 0.25) is 0 Å². The van der Waals surface area contributed by atoms with E-state index in [4.69, 9.17) is 0 Å². The number of hydrogen-bond acceptors (Lipinski definition) is 4. The largest absolute Gasteiger partial charge is 0.271 e. The van der Waals surface area contributed by atoms with Crippen LogP contribution >= 0.6 is 35.3 Å². The smallest absolute Gasteiger partial charge is 0.174 e. The van der Waals surface area contributed by atoms with E-state index in [1.165, 1.54) is 75.5 Å². The molecule has 4 rings (SSSR count). The first-order chi connectivity index (χ1) is 16.6. The monoisotopic (exact) mass is 525 g/mol. The zero-order valence-electron chi connectivity index (χ0n) is 22.9. The van der Waals surface area contributed by atoms with Crippen LogP contribution in [0.4, 0.5) is 0 Å². The average Bonchev–Trinajstić information content (AvgIpc) is 3.26. The summed E-state index contributed by atoms with van der Waals surface area (Å²) in [6, 6.07) is 11.7. The second-order valence-corrected chi connectivity index (χ2v) is 15.4. The van der Waals surface area contributed by atoms with Crippen LogP contribution in [0.3, 0.4) is 0 Å². The number of likely N-dealkylation sites (tertiary alicyclic amines) is 1. The molecule has 35 heavy (non-hydrogen) atoms. The van der Waals surface area contributed by atoms with Crippen molar-refractivity contribution >= 4 is 40.2 Å². The zero-order valence-corrected chi connectivity index (χ0v) is 25.4. The lowest BCUT2D eigenvalue weighted by Gasteiger charge is -2.42. The van der Waals surface area contributed by atoms with Gasteiger partial charge >= 0.3 is 0 Å². The third-order valence-corrected chi connectivity index (χ3v) is 12.4. The van der Waals surface area contributed by atoms with Crippen molar-refractivity contribution in [2.24, 2.45) is 0 Å². The van der Waals surface area contributed by atoms with Crippen molar-refractivity contribution in [3.05, 3.63) is 69.1 Å². The van der Waals surface area contributed by atoms with Crippen LogP contribution in [-0.4, -0.2) is 21.5 Å². The van der Waals surface area contributed by atoms with Gasteiger partial charge < -0.3 is 0 Å². The highest BCUT2D eigenvalue weighted by molar-refractivity contribution is 8.39. The molecule has 0 N–H and O–H groups in total. The molecule has 1 saturated heterocycles. The highest BCUT2D eigenvalue weighted by Gasteiger charge is 2.45. The molecule has 0 aromatic heterocycles. The fraction of sp³-hybridized carbons (Fsp3) is 0.548. The molecule has 1 atom stereocenters. The zero-order chi connectivity index (χ0) is 25.3. The molecule has 1 fully saturated rings. The van der Waals surface area contributed by atoms with Crippen LogP contribution in [0.15, 0.2) is 40.6 Å². The Balaban J connectivity index is 1.79. The predicted molar refractivity (Wildman–Crippen MR) is 162 cm³/mol. The summed E-state index contributed by atoms with van der Waals surface area (Å²) in [7, 11) is 0. The molecule has 2 heterocycles. The van der Waals surface area contributed by atoms with Crippen molar-refractivity contribution in [1.29, 1.82) is 0 Å². The standard InChI is InChI=1S/C31H43NS3/c1-20(2)25-17-26(21(3)4)29(27(18-25)22(5)6)28-19-33-31(34-28,32-15-10-9-11-16-32)35-30-23(7)13-12-14-24(30)8/h12-14,17-22H,9-11,15-16H2,1-8H3. The first kappa shape index (κ1) is 27.2. The van der Waals surface area contributed by atoms with Crippen molar-refractivity contribution in [1.82, 2.24) is 4.90 Å². The van der Waals surface area contributed by atoms with E-state index in [1.54, 1.807) is 0 Å². The maximum atomic E-state index is 2.78. The molecule has 1 unspecified atom stereocenters. The number of thioether (sulfide) groups is 3. The summed E-state index contributed by atoms with van der Waals surface area (Å²) in [6.07, 6.45) is 3.98. The van der Waals surface area contributed by atoms with Gasteiger partial charge in [0.25, 0.3) is 0 Å². The van der Waals surface area contributed by atoms with Crippen LogP contribution in [0.1, 0.15) is 112 Å². The third kappa shape index (κ3) is 5.71. The van der Waals surface area contributed by atoms with Crippen molar-refractivity contribution in [3.8, 4) is 0 Å². The number of piperidine rings is 1. The summed E-state index contributed by atoms with van der Waals surface area (Å²) in [5.41, 5.74) is 8.82. The highest BCUT2D eigenvalue weighted by atomic mass is 32.3. The van der Waals surface area contributed by atoms with E-state index in [9.17, 15) is 0 Å². The van der Waals surface area contributed by atoms with Gasteiger partial charge in [0.1, 0.15) is 0 Å². The van der Waals surface area contributed by atoms with Gasteiger partial charge in [0.15, 0.2) is 3.54 Å². The van der Waals surface area contributed by atoms with Crippen molar-refractivity contribution in [2.75, 3.05) is 13.1 Å². The van der Waals surface area contributed by atoms with Crippen LogP contribution in [0.2, 0.25) is 0 Å². The lowest BCUT2D eigenvalue weighted by atomic mass is 9.84. The number of nitrogens with zero attached hydrogens (tertiary/aromatic N) is 1. The normalized spacial score (nSPS) is 21.4. The van der Waals surface area contributed by atoms with Crippen LogP contribution in [-0.2, 0) is 0 Å². The summed E-state index contributed by atoms with van der Waals surface area (Å²) in [5.74, 6) is 1.55. The van der Waals surface area contributed by atoms with Gasteiger partial charge in [0, 0.05) is 22.9 Å². The summed E-state index contributed by atoms with van der Waals surface area (Å²) in [6.45, 7) is 21.0. The topological polar surface area (TPSA) is 3.24 Å². The second-order valence-electron chi connectivity index (χ2n) is 11.1. The minimum Gasteiger partial charge on any atom is -0.271 e. The molecule has 0 saturated carbocycles. The van der Waals surface area contributed by atoms with Gasteiger partial charge in [-0.15, -0.1) is 0 Å².